The molecule has 1 nitrogen and oxygen atoms in total. The summed E-state index contributed by atoms with van der Waals surface area (Å²) in [6.07, 6.45) is 0. The molecular formula is C17H20FNS. The summed E-state index contributed by atoms with van der Waals surface area (Å²) in [6, 6.07) is 13.2. The second-order valence-electron chi connectivity index (χ2n) is 5.08. The highest BCUT2D eigenvalue weighted by Gasteiger charge is 2.10. The van der Waals surface area contributed by atoms with Crippen LogP contribution in [0.2, 0.25) is 0 Å². The molecule has 0 aliphatic heterocycles. The van der Waals surface area contributed by atoms with Crippen LogP contribution < -0.4 is 5.73 Å². The molecule has 3 heteroatoms. The van der Waals surface area contributed by atoms with Crippen molar-refractivity contribution in [1.29, 1.82) is 0 Å². The Hall–Kier alpha value is -1.32. The minimum Gasteiger partial charge on any atom is -0.329 e. The second kappa shape index (κ2) is 6.91. The van der Waals surface area contributed by atoms with Gasteiger partial charge >= 0.3 is 0 Å². The van der Waals surface area contributed by atoms with E-state index in [0.29, 0.717) is 6.54 Å². The Kier molecular flexibility index (Phi) is 5.21. The first kappa shape index (κ1) is 15.1. The van der Waals surface area contributed by atoms with E-state index >= 15 is 0 Å². The molecule has 1 atom stereocenters. The van der Waals surface area contributed by atoms with E-state index in [1.54, 1.807) is 11.8 Å². The lowest BCUT2D eigenvalue weighted by Crippen LogP contribution is -2.09. The quantitative estimate of drug-likeness (QED) is 0.884. The molecule has 2 aromatic rings. The van der Waals surface area contributed by atoms with Gasteiger partial charge in [-0.3, -0.25) is 0 Å². The van der Waals surface area contributed by atoms with Crippen molar-refractivity contribution in [3.05, 3.63) is 70.5 Å². The van der Waals surface area contributed by atoms with Gasteiger partial charge in [0.05, 0.1) is 0 Å². The second-order valence-corrected chi connectivity index (χ2v) is 6.27. The van der Waals surface area contributed by atoms with Gasteiger partial charge in [-0.15, -0.1) is 11.8 Å². The van der Waals surface area contributed by atoms with Gasteiger partial charge in [-0.1, -0.05) is 41.5 Å². The average molecular weight is 289 g/mol. The monoisotopic (exact) mass is 289 g/mol. The molecule has 2 aromatic carbocycles. The van der Waals surface area contributed by atoms with E-state index < -0.39 is 0 Å². The summed E-state index contributed by atoms with van der Waals surface area (Å²) in [6.45, 7) is 4.78. The highest BCUT2D eigenvalue weighted by molar-refractivity contribution is 7.98. The first-order valence-electron chi connectivity index (χ1n) is 6.73. The highest BCUT2D eigenvalue weighted by Crippen LogP contribution is 2.31. The molecule has 106 valence electrons. The van der Waals surface area contributed by atoms with E-state index in [1.165, 1.54) is 28.8 Å². The lowest BCUT2D eigenvalue weighted by molar-refractivity contribution is 0.627. The maximum Gasteiger partial charge on any atom is 0.123 e. The third-order valence-corrected chi connectivity index (χ3v) is 4.56. The van der Waals surface area contributed by atoms with Crippen LogP contribution in [0, 0.1) is 19.7 Å². The first-order chi connectivity index (χ1) is 9.58. The molecule has 0 aliphatic rings. The van der Waals surface area contributed by atoms with Crippen LogP contribution >= 0.6 is 11.8 Å². The minimum atomic E-state index is -0.205. The Morgan fingerprint density at radius 2 is 1.65 bits per heavy atom. The number of nitrogens with two attached hydrogens (primary N) is 1. The van der Waals surface area contributed by atoms with Crippen molar-refractivity contribution in [3.8, 4) is 0 Å². The van der Waals surface area contributed by atoms with E-state index in [2.05, 4.69) is 32.0 Å². The van der Waals surface area contributed by atoms with Crippen LogP contribution in [0.3, 0.4) is 0 Å². The predicted octanol–water partition coefficient (Wildman–Crippen LogP) is 4.38. The van der Waals surface area contributed by atoms with E-state index in [0.717, 1.165) is 11.3 Å². The number of halogens is 1. The van der Waals surface area contributed by atoms with Crippen LogP contribution in [-0.4, -0.2) is 6.54 Å². The van der Waals surface area contributed by atoms with Crippen LogP contribution in [0.25, 0.3) is 0 Å². The van der Waals surface area contributed by atoms with Gasteiger partial charge < -0.3 is 5.73 Å². The van der Waals surface area contributed by atoms with E-state index in [-0.39, 0.29) is 11.1 Å². The lowest BCUT2D eigenvalue weighted by atomic mass is 10.1. The number of thioether (sulfide) groups is 1. The van der Waals surface area contributed by atoms with E-state index in [9.17, 15) is 4.39 Å². The SMILES string of the molecule is Cc1cc(C)cc(CSC(CN)c2ccc(F)cc2)c1. The molecule has 0 radical (unpaired) electrons. The Morgan fingerprint density at radius 1 is 1.05 bits per heavy atom. The molecule has 0 fully saturated rings. The molecule has 0 aromatic heterocycles. The zero-order chi connectivity index (χ0) is 14.5. The molecular weight excluding hydrogens is 269 g/mol. The van der Waals surface area contributed by atoms with Crippen LogP contribution in [0.1, 0.15) is 27.5 Å². The zero-order valence-electron chi connectivity index (χ0n) is 11.9. The number of aryl methyl sites for hydroxylation is 2. The summed E-state index contributed by atoms with van der Waals surface area (Å²) in [7, 11) is 0. The van der Waals surface area contributed by atoms with Gasteiger partial charge in [-0.25, -0.2) is 4.39 Å². The van der Waals surface area contributed by atoms with Gasteiger partial charge in [0.25, 0.3) is 0 Å². The van der Waals surface area contributed by atoms with Crippen molar-refractivity contribution in [2.75, 3.05) is 6.54 Å². The molecule has 0 saturated heterocycles. The maximum atomic E-state index is 13.0. The molecule has 0 spiro atoms. The molecule has 0 bridgehead atoms. The Balaban J connectivity index is 2.05. The van der Waals surface area contributed by atoms with Crippen molar-refractivity contribution in [1.82, 2.24) is 0 Å². The summed E-state index contributed by atoms with van der Waals surface area (Å²) in [4.78, 5) is 0. The van der Waals surface area contributed by atoms with Crippen LogP contribution in [0.4, 0.5) is 4.39 Å². The Labute approximate surface area is 124 Å². The highest BCUT2D eigenvalue weighted by atomic mass is 32.2. The molecule has 1 unspecified atom stereocenters. The topological polar surface area (TPSA) is 26.0 Å². The Morgan fingerprint density at radius 3 is 2.20 bits per heavy atom. The summed E-state index contributed by atoms with van der Waals surface area (Å²) < 4.78 is 13.0. The standard InChI is InChI=1S/C17H20FNS/c1-12-7-13(2)9-14(8-12)11-20-17(10-19)15-3-5-16(18)6-4-15/h3-9,17H,10-11,19H2,1-2H3. The lowest BCUT2D eigenvalue weighted by Gasteiger charge is -2.15. The van der Waals surface area contributed by atoms with Crippen LogP contribution in [0.15, 0.2) is 42.5 Å². The number of hydrogen-bond acceptors (Lipinski definition) is 2. The van der Waals surface area contributed by atoms with Gasteiger partial charge in [0, 0.05) is 17.5 Å². The minimum absolute atomic E-state index is 0.205. The largest absolute Gasteiger partial charge is 0.329 e. The van der Waals surface area contributed by atoms with Gasteiger partial charge in [-0.05, 0) is 37.1 Å². The fourth-order valence-corrected chi connectivity index (χ4v) is 3.37. The molecule has 0 saturated carbocycles. The normalized spacial score (nSPS) is 12.4. The smallest absolute Gasteiger partial charge is 0.123 e. The number of benzene rings is 2. The number of hydrogen-bond donors (Lipinski definition) is 1. The van der Waals surface area contributed by atoms with Crippen LogP contribution in [0.5, 0.6) is 0 Å². The molecule has 20 heavy (non-hydrogen) atoms. The summed E-state index contributed by atoms with van der Waals surface area (Å²) in [5.41, 5.74) is 10.8. The number of rotatable bonds is 5. The van der Waals surface area contributed by atoms with Crippen LogP contribution in [-0.2, 0) is 5.75 Å². The summed E-state index contributed by atoms with van der Waals surface area (Å²) in [5, 5.41) is 0.205. The third kappa shape index (κ3) is 4.09. The van der Waals surface area contributed by atoms with E-state index in [1.807, 2.05) is 12.1 Å². The molecule has 2 rings (SSSR count). The summed E-state index contributed by atoms with van der Waals surface area (Å²) >= 11 is 1.80. The van der Waals surface area contributed by atoms with E-state index in [4.69, 9.17) is 5.73 Å². The molecule has 0 aliphatic carbocycles. The molecule has 2 N–H and O–H groups in total. The van der Waals surface area contributed by atoms with Crippen molar-refractivity contribution in [2.45, 2.75) is 24.9 Å². The van der Waals surface area contributed by atoms with Gasteiger partial charge in [0.1, 0.15) is 5.82 Å². The maximum absolute atomic E-state index is 13.0. The van der Waals surface area contributed by atoms with Gasteiger partial charge in [0.15, 0.2) is 0 Å². The van der Waals surface area contributed by atoms with Gasteiger partial charge in [0.2, 0.25) is 0 Å². The fourth-order valence-electron chi connectivity index (χ4n) is 2.33. The van der Waals surface area contributed by atoms with Crippen molar-refractivity contribution in [3.63, 3.8) is 0 Å². The first-order valence-corrected chi connectivity index (χ1v) is 7.77. The third-order valence-electron chi connectivity index (χ3n) is 3.19. The summed E-state index contributed by atoms with van der Waals surface area (Å²) in [5.74, 6) is 0.714. The fraction of sp³-hybridized carbons (Fsp3) is 0.294. The van der Waals surface area contributed by atoms with Crippen molar-refractivity contribution < 1.29 is 4.39 Å². The predicted molar refractivity (Wildman–Crippen MR) is 85.4 cm³/mol. The Bertz CT molecular complexity index is 545. The van der Waals surface area contributed by atoms with Gasteiger partial charge in [-0.2, -0.15) is 0 Å². The van der Waals surface area contributed by atoms with Crippen molar-refractivity contribution >= 4 is 11.8 Å². The molecule has 0 amide bonds. The zero-order valence-corrected chi connectivity index (χ0v) is 12.7. The average Bonchev–Trinajstić information content (AvgIpc) is 2.40. The molecule has 0 heterocycles. The van der Waals surface area contributed by atoms with Crippen molar-refractivity contribution in [2.24, 2.45) is 5.73 Å².